The number of aromatic nitrogens is 3. The second-order valence-electron chi connectivity index (χ2n) is 9.56. The molecule has 0 aliphatic carbocycles. The van der Waals surface area contributed by atoms with Crippen molar-refractivity contribution in [2.24, 2.45) is 5.41 Å². The van der Waals surface area contributed by atoms with Crippen molar-refractivity contribution in [1.29, 1.82) is 0 Å². The molecule has 1 fully saturated rings. The third-order valence-electron chi connectivity index (χ3n) is 7.34. The van der Waals surface area contributed by atoms with E-state index in [9.17, 15) is 5.11 Å². The van der Waals surface area contributed by atoms with Crippen LogP contribution in [0.15, 0.2) is 43.0 Å². The highest BCUT2D eigenvalue weighted by molar-refractivity contribution is 6.32. The molecule has 1 aliphatic rings. The van der Waals surface area contributed by atoms with E-state index in [0.717, 1.165) is 57.4 Å². The molecule has 188 valence electrons. The maximum Gasteiger partial charge on any atom is 0.127 e. The monoisotopic (exact) mass is 500 g/mol. The highest BCUT2D eigenvalue weighted by Gasteiger charge is 2.35. The molecule has 0 saturated carbocycles. The van der Waals surface area contributed by atoms with Crippen LogP contribution in [0.3, 0.4) is 0 Å². The molecule has 2 aromatic heterocycles. The van der Waals surface area contributed by atoms with Crippen LogP contribution in [0, 0.1) is 5.41 Å². The maximum absolute atomic E-state index is 15.6. The van der Waals surface area contributed by atoms with Gasteiger partial charge in [-0.3, -0.25) is 15.0 Å². The van der Waals surface area contributed by atoms with Crippen molar-refractivity contribution in [2.45, 2.75) is 51.1 Å². The van der Waals surface area contributed by atoms with Gasteiger partial charge in [0.15, 0.2) is 0 Å². The predicted octanol–water partition coefficient (Wildman–Crippen LogP) is 5.58. The Kier molecular flexibility index (Phi) is 8.87. The van der Waals surface area contributed by atoms with Crippen LogP contribution in [0.5, 0.6) is 5.75 Å². The first-order valence-corrected chi connectivity index (χ1v) is 12.8. The number of rotatable bonds is 11. The molecule has 4 rings (SSSR count). The molecule has 0 unspecified atom stereocenters. The van der Waals surface area contributed by atoms with Crippen molar-refractivity contribution in [1.82, 2.24) is 19.9 Å². The Morgan fingerprint density at radius 1 is 1.17 bits per heavy atom. The Morgan fingerprint density at radius 3 is 2.71 bits per heavy atom. The summed E-state index contributed by atoms with van der Waals surface area (Å²) >= 11 is 6.40. The Hall–Kier alpha value is -2.35. The van der Waals surface area contributed by atoms with Gasteiger partial charge in [-0.25, -0.2) is 4.39 Å². The molecule has 6 nitrogen and oxygen atoms in total. The Balaban J connectivity index is 1.30. The lowest BCUT2D eigenvalue weighted by molar-refractivity contribution is 0.0298. The topological polar surface area (TPSA) is 71.4 Å². The number of ether oxygens (including phenoxy) is 1. The smallest absolute Gasteiger partial charge is 0.127 e. The van der Waals surface area contributed by atoms with Gasteiger partial charge in [0, 0.05) is 42.3 Å². The van der Waals surface area contributed by atoms with E-state index < -0.39 is 6.17 Å². The maximum atomic E-state index is 15.6. The number of nitrogens with zero attached hydrogens (tertiary/aromatic N) is 4. The Bertz CT molecular complexity index is 1090. The summed E-state index contributed by atoms with van der Waals surface area (Å²) in [7, 11) is 1.58. The van der Waals surface area contributed by atoms with Crippen LogP contribution in [0.1, 0.15) is 56.0 Å². The molecule has 0 spiro atoms. The van der Waals surface area contributed by atoms with Crippen LogP contribution < -0.4 is 4.74 Å². The molecule has 1 atom stereocenters. The molecule has 1 aromatic carbocycles. The number of pyridine rings is 1. The van der Waals surface area contributed by atoms with Gasteiger partial charge >= 0.3 is 0 Å². The minimum absolute atomic E-state index is 0.0822. The fourth-order valence-electron chi connectivity index (χ4n) is 5.03. The summed E-state index contributed by atoms with van der Waals surface area (Å²) in [6, 6.07) is 5.42. The number of aliphatic hydroxyl groups is 1. The fraction of sp³-hybridized carbons (Fsp3) is 0.519. The summed E-state index contributed by atoms with van der Waals surface area (Å²) in [5.74, 6) is 0.644. The van der Waals surface area contributed by atoms with Crippen molar-refractivity contribution in [3.05, 3.63) is 59.3 Å². The highest BCUT2D eigenvalue weighted by Crippen LogP contribution is 2.41. The van der Waals surface area contributed by atoms with Gasteiger partial charge in [-0.1, -0.05) is 11.6 Å². The Labute approximate surface area is 211 Å². The number of halogens is 2. The van der Waals surface area contributed by atoms with Gasteiger partial charge in [-0.05, 0) is 88.2 Å². The lowest BCUT2D eigenvalue weighted by atomic mass is 9.74. The zero-order valence-electron chi connectivity index (χ0n) is 20.3. The summed E-state index contributed by atoms with van der Waals surface area (Å²) in [6.07, 6.45) is 11.3. The first-order chi connectivity index (χ1) is 17.0. The van der Waals surface area contributed by atoms with Gasteiger partial charge < -0.3 is 14.7 Å². The zero-order chi connectivity index (χ0) is 24.7. The summed E-state index contributed by atoms with van der Waals surface area (Å²) in [4.78, 5) is 15.2. The average molecular weight is 501 g/mol. The van der Waals surface area contributed by atoms with E-state index in [1.807, 2.05) is 18.3 Å². The SMILES string of the molecule is COc1ccc2ncc(Cl)c([C@@H](F)CCC3(CO)CCN(CCCCc4cnccn4)CC3)c2c1. The first-order valence-electron chi connectivity index (χ1n) is 12.4. The van der Waals surface area contributed by atoms with Gasteiger partial charge in [-0.15, -0.1) is 0 Å². The quantitative estimate of drug-likeness (QED) is 0.347. The molecule has 1 N–H and O–H groups in total. The zero-order valence-corrected chi connectivity index (χ0v) is 21.1. The molecule has 35 heavy (non-hydrogen) atoms. The van der Waals surface area contributed by atoms with Gasteiger partial charge in [0.25, 0.3) is 0 Å². The van der Waals surface area contributed by atoms with Crippen LogP contribution in [0.4, 0.5) is 4.39 Å². The number of unbranched alkanes of at least 4 members (excludes halogenated alkanes) is 1. The third kappa shape index (κ3) is 6.46. The van der Waals surface area contributed by atoms with Crippen molar-refractivity contribution < 1.29 is 14.2 Å². The normalized spacial score (nSPS) is 16.9. The largest absolute Gasteiger partial charge is 0.497 e. The van der Waals surface area contributed by atoms with E-state index in [1.54, 1.807) is 25.6 Å². The molecular weight excluding hydrogens is 467 g/mol. The van der Waals surface area contributed by atoms with Gasteiger partial charge in [0.2, 0.25) is 0 Å². The number of alkyl halides is 1. The lowest BCUT2D eigenvalue weighted by Crippen LogP contribution is -2.42. The van der Waals surface area contributed by atoms with Crippen molar-refractivity contribution >= 4 is 22.5 Å². The molecule has 1 aliphatic heterocycles. The minimum Gasteiger partial charge on any atom is -0.497 e. The summed E-state index contributed by atoms with van der Waals surface area (Å²) in [5, 5.41) is 11.2. The summed E-state index contributed by atoms with van der Waals surface area (Å²) in [6.45, 7) is 2.98. The number of aliphatic hydroxyl groups excluding tert-OH is 1. The van der Waals surface area contributed by atoms with Gasteiger partial charge in [-0.2, -0.15) is 0 Å². The second kappa shape index (κ2) is 12.1. The van der Waals surface area contributed by atoms with Crippen LogP contribution in [-0.4, -0.2) is 58.3 Å². The van der Waals surface area contributed by atoms with E-state index in [-0.39, 0.29) is 12.0 Å². The molecular formula is C27H34ClFN4O2. The van der Waals surface area contributed by atoms with E-state index in [1.165, 1.54) is 6.20 Å². The van der Waals surface area contributed by atoms with E-state index >= 15 is 4.39 Å². The van der Waals surface area contributed by atoms with Gasteiger partial charge in [0.1, 0.15) is 11.9 Å². The second-order valence-corrected chi connectivity index (χ2v) is 9.97. The number of likely N-dealkylation sites (tertiary alicyclic amines) is 1. The molecule has 0 amide bonds. The average Bonchev–Trinajstić information content (AvgIpc) is 2.90. The van der Waals surface area contributed by atoms with Crippen LogP contribution in [0.25, 0.3) is 10.9 Å². The number of aryl methyl sites for hydroxylation is 1. The highest BCUT2D eigenvalue weighted by atomic mass is 35.5. The van der Waals surface area contributed by atoms with Crippen molar-refractivity contribution in [3.8, 4) is 5.75 Å². The predicted molar refractivity (Wildman–Crippen MR) is 137 cm³/mol. The van der Waals surface area contributed by atoms with Crippen molar-refractivity contribution in [2.75, 3.05) is 33.4 Å². The first kappa shape index (κ1) is 25.7. The standard InChI is InChI=1S/C27H34ClFN4O2/c1-35-21-5-6-25-22(16-21)26(23(28)18-32-25)24(29)7-8-27(19-34)9-14-33(15-10-27)13-3-2-4-20-17-30-11-12-31-20/h5-6,11-12,16-18,24,34H,2-4,7-10,13-15,19H2,1H3/t24-/m0/s1. The number of methoxy groups -OCH3 is 1. The van der Waals surface area contributed by atoms with Crippen LogP contribution in [-0.2, 0) is 6.42 Å². The minimum atomic E-state index is -1.23. The summed E-state index contributed by atoms with van der Waals surface area (Å²) in [5.41, 5.74) is 1.95. The lowest BCUT2D eigenvalue weighted by Gasteiger charge is -2.41. The number of fused-ring (bicyclic) bond motifs is 1. The van der Waals surface area contributed by atoms with E-state index in [4.69, 9.17) is 16.3 Å². The number of benzene rings is 1. The Morgan fingerprint density at radius 2 is 2.00 bits per heavy atom. The number of piperidine rings is 1. The third-order valence-corrected chi connectivity index (χ3v) is 7.64. The van der Waals surface area contributed by atoms with Crippen LogP contribution in [0.2, 0.25) is 5.02 Å². The number of hydrogen-bond donors (Lipinski definition) is 1. The molecule has 1 saturated heterocycles. The molecule has 0 radical (unpaired) electrons. The molecule has 3 aromatic rings. The van der Waals surface area contributed by atoms with Crippen molar-refractivity contribution in [3.63, 3.8) is 0 Å². The van der Waals surface area contributed by atoms with E-state index in [0.29, 0.717) is 40.1 Å². The number of hydrogen-bond acceptors (Lipinski definition) is 6. The molecule has 3 heterocycles. The fourth-order valence-corrected chi connectivity index (χ4v) is 5.30. The molecule has 0 bridgehead atoms. The van der Waals surface area contributed by atoms with Gasteiger partial charge in [0.05, 0.1) is 23.3 Å². The van der Waals surface area contributed by atoms with E-state index in [2.05, 4.69) is 19.9 Å². The molecule has 8 heteroatoms. The van der Waals surface area contributed by atoms with Crippen LogP contribution >= 0.6 is 11.6 Å². The summed E-state index contributed by atoms with van der Waals surface area (Å²) < 4.78 is 20.9.